The second kappa shape index (κ2) is 7.10. The Labute approximate surface area is 101 Å². The van der Waals surface area contributed by atoms with Crippen LogP contribution in [0.15, 0.2) is 18.2 Å². The van der Waals surface area contributed by atoms with E-state index in [0.29, 0.717) is 16.7 Å². The Balaban J connectivity index is 2.34. The van der Waals surface area contributed by atoms with Crippen molar-refractivity contribution in [2.24, 2.45) is 0 Å². The van der Waals surface area contributed by atoms with Crippen LogP contribution in [0.5, 0.6) is 0 Å². The highest BCUT2D eigenvalue weighted by Crippen LogP contribution is 2.25. The van der Waals surface area contributed by atoms with Crippen molar-refractivity contribution in [2.45, 2.75) is 32.8 Å². The molecular weight excluding hydrogens is 231 g/mol. The molecule has 84 valence electrons. The smallest absolute Gasteiger partial charge is 0.0731 e. The van der Waals surface area contributed by atoms with Gasteiger partial charge in [-0.15, -0.1) is 0 Å². The molecule has 3 heteroatoms. The fourth-order valence-electron chi connectivity index (χ4n) is 1.30. The highest BCUT2D eigenvalue weighted by molar-refractivity contribution is 6.42. The van der Waals surface area contributed by atoms with Crippen LogP contribution in [0.2, 0.25) is 10.0 Å². The molecule has 0 spiro atoms. The van der Waals surface area contributed by atoms with Crippen molar-refractivity contribution in [3.8, 4) is 0 Å². The summed E-state index contributed by atoms with van der Waals surface area (Å²) in [6, 6.07) is 5.61. The van der Waals surface area contributed by atoms with Crippen LogP contribution in [0, 0.1) is 0 Å². The number of halogens is 2. The van der Waals surface area contributed by atoms with E-state index in [1.54, 1.807) is 6.07 Å². The number of ether oxygens (including phenoxy) is 1. The van der Waals surface area contributed by atoms with Crippen LogP contribution in [-0.4, -0.2) is 6.61 Å². The molecule has 0 heterocycles. The van der Waals surface area contributed by atoms with E-state index in [2.05, 4.69) is 6.92 Å². The van der Waals surface area contributed by atoms with Gasteiger partial charge < -0.3 is 4.74 Å². The van der Waals surface area contributed by atoms with Crippen LogP contribution in [0.25, 0.3) is 0 Å². The Hall–Kier alpha value is -0.240. The van der Waals surface area contributed by atoms with Crippen LogP contribution in [0.3, 0.4) is 0 Å². The molecule has 0 bridgehead atoms. The summed E-state index contributed by atoms with van der Waals surface area (Å²) >= 11 is 11.9. The maximum atomic E-state index is 6.02. The highest BCUT2D eigenvalue weighted by Gasteiger charge is 2.03. The molecule has 1 rings (SSSR count). The van der Waals surface area contributed by atoms with E-state index in [0.717, 1.165) is 18.6 Å². The number of hydrogen-bond acceptors (Lipinski definition) is 1. The molecule has 0 aliphatic carbocycles. The zero-order valence-electron chi connectivity index (χ0n) is 8.93. The van der Waals surface area contributed by atoms with Gasteiger partial charge in [0.2, 0.25) is 0 Å². The molecule has 0 aliphatic heterocycles. The minimum absolute atomic E-state index is 0.545. The van der Waals surface area contributed by atoms with E-state index in [4.69, 9.17) is 27.9 Å². The first-order valence-electron chi connectivity index (χ1n) is 5.26. The van der Waals surface area contributed by atoms with Gasteiger partial charge in [-0.05, 0) is 18.1 Å². The number of benzene rings is 1. The topological polar surface area (TPSA) is 9.23 Å². The average molecular weight is 247 g/mol. The van der Waals surface area contributed by atoms with Gasteiger partial charge in [-0.2, -0.15) is 0 Å². The van der Waals surface area contributed by atoms with Gasteiger partial charge >= 0.3 is 0 Å². The molecule has 0 saturated heterocycles. The SMILES string of the molecule is CCCCCOCc1cccc(Cl)c1Cl. The minimum atomic E-state index is 0.545. The van der Waals surface area contributed by atoms with Crippen LogP contribution in [-0.2, 0) is 11.3 Å². The Morgan fingerprint density at radius 1 is 1.20 bits per heavy atom. The lowest BCUT2D eigenvalue weighted by atomic mass is 10.2. The molecule has 0 fully saturated rings. The quantitative estimate of drug-likeness (QED) is 0.662. The van der Waals surface area contributed by atoms with Gasteiger partial charge in [0, 0.05) is 6.61 Å². The van der Waals surface area contributed by atoms with Crippen molar-refractivity contribution >= 4 is 23.2 Å². The molecule has 1 aromatic rings. The summed E-state index contributed by atoms with van der Waals surface area (Å²) < 4.78 is 5.51. The fourth-order valence-corrected chi connectivity index (χ4v) is 1.67. The molecule has 0 saturated carbocycles. The maximum Gasteiger partial charge on any atom is 0.0731 e. The van der Waals surface area contributed by atoms with E-state index in [9.17, 15) is 0 Å². The summed E-state index contributed by atoms with van der Waals surface area (Å²) in [7, 11) is 0. The second-order valence-corrected chi connectivity index (χ2v) is 4.26. The monoisotopic (exact) mass is 246 g/mol. The molecule has 0 unspecified atom stereocenters. The summed E-state index contributed by atoms with van der Waals surface area (Å²) in [4.78, 5) is 0. The Morgan fingerprint density at radius 3 is 2.73 bits per heavy atom. The standard InChI is InChI=1S/C12H16Cl2O/c1-2-3-4-8-15-9-10-6-5-7-11(13)12(10)14/h5-7H,2-4,8-9H2,1H3. The van der Waals surface area contributed by atoms with Gasteiger partial charge in [-0.1, -0.05) is 55.1 Å². The summed E-state index contributed by atoms with van der Waals surface area (Å²) in [6.45, 7) is 3.51. The molecule has 1 nitrogen and oxygen atoms in total. The summed E-state index contributed by atoms with van der Waals surface area (Å²) in [5, 5.41) is 1.20. The minimum Gasteiger partial charge on any atom is -0.377 e. The third-order valence-corrected chi connectivity index (χ3v) is 3.04. The Kier molecular flexibility index (Phi) is 6.07. The Morgan fingerprint density at radius 2 is 2.00 bits per heavy atom. The van der Waals surface area contributed by atoms with Gasteiger partial charge in [0.1, 0.15) is 0 Å². The zero-order valence-corrected chi connectivity index (χ0v) is 10.4. The van der Waals surface area contributed by atoms with E-state index in [1.165, 1.54) is 12.8 Å². The molecule has 0 radical (unpaired) electrons. The Bertz CT molecular complexity index is 300. The largest absolute Gasteiger partial charge is 0.377 e. The first-order chi connectivity index (χ1) is 7.25. The van der Waals surface area contributed by atoms with E-state index < -0.39 is 0 Å². The van der Waals surface area contributed by atoms with Crippen LogP contribution >= 0.6 is 23.2 Å². The first-order valence-corrected chi connectivity index (χ1v) is 6.02. The van der Waals surface area contributed by atoms with Crippen molar-refractivity contribution in [2.75, 3.05) is 6.61 Å². The van der Waals surface area contributed by atoms with Crippen molar-refractivity contribution in [3.63, 3.8) is 0 Å². The number of hydrogen-bond donors (Lipinski definition) is 0. The van der Waals surface area contributed by atoms with E-state index >= 15 is 0 Å². The molecule has 0 amide bonds. The van der Waals surface area contributed by atoms with E-state index in [1.807, 2.05) is 12.1 Å². The molecule has 0 atom stereocenters. The lowest BCUT2D eigenvalue weighted by molar-refractivity contribution is 0.117. The maximum absolute atomic E-state index is 6.02. The van der Waals surface area contributed by atoms with Gasteiger partial charge in [-0.3, -0.25) is 0 Å². The molecule has 0 aliphatic rings. The molecule has 15 heavy (non-hydrogen) atoms. The van der Waals surface area contributed by atoms with Gasteiger partial charge in [0.15, 0.2) is 0 Å². The summed E-state index contributed by atoms with van der Waals surface area (Å²) in [5.41, 5.74) is 0.959. The van der Waals surface area contributed by atoms with Crippen molar-refractivity contribution in [1.29, 1.82) is 0 Å². The second-order valence-electron chi connectivity index (χ2n) is 3.47. The first kappa shape index (κ1) is 12.8. The normalized spacial score (nSPS) is 10.6. The lowest BCUT2D eigenvalue weighted by Gasteiger charge is -2.06. The number of unbranched alkanes of at least 4 members (excludes halogenated alkanes) is 2. The molecular formula is C12H16Cl2O. The van der Waals surface area contributed by atoms with Gasteiger partial charge in [0.05, 0.1) is 16.7 Å². The zero-order chi connectivity index (χ0) is 11.1. The van der Waals surface area contributed by atoms with Crippen molar-refractivity contribution < 1.29 is 4.74 Å². The average Bonchev–Trinajstić information content (AvgIpc) is 2.24. The number of rotatable bonds is 6. The summed E-state index contributed by atoms with van der Waals surface area (Å²) in [5.74, 6) is 0. The summed E-state index contributed by atoms with van der Waals surface area (Å²) in [6.07, 6.45) is 3.53. The van der Waals surface area contributed by atoms with Crippen LogP contribution in [0.4, 0.5) is 0 Å². The van der Waals surface area contributed by atoms with Gasteiger partial charge in [0.25, 0.3) is 0 Å². The van der Waals surface area contributed by atoms with Gasteiger partial charge in [-0.25, -0.2) is 0 Å². The molecule has 0 N–H and O–H groups in total. The van der Waals surface area contributed by atoms with Crippen molar-refractivity contribution in [1.82, 2.24) is 0 Å². The van der Waals surface area contributed by atoms with E-state index in [-0.39, 0.29) is 0 Å². The predicted molar refractivity (Wildman–Crippen MR) is 65.6 cm³/mol. The third-order valence-electron chi connectivity index (χ3n) is 2.18. The fraction of sp³-hybridized carbons (Fsp3) is 0.500. The highest BCUT2D eigenvalue weighted by atomic mass is 35.5. The lowest BCUT2D eigenvalue weighted by Crippen LogP contribution is -1.96. The van der Waals surface area contributed by atoms with Crippen LogP contribution < -0.4 is 0 Å². The van der Waals surface area contributed by atoms with Crippen molar-refractivity contribution in [3.05, 3.63) is 33.8 Å². The molecule has 1 aromatic carbocycles. The molecule has 0 aromatic heterocycles. The van der Waals surface area contributed by atoms with Crippen LogP contribution in [0.1, 0.15) is 31.7 Å². The third kappa shape index (κ3) is 4.42. The predicted octanol–water partition coefficient (Wildman–Crippen LogP) is 4.70.